The Hall–Kier alpha value is -2.64. The largest absolute Gasteiger partial charge is 0.392 e. The first-order valence-electron chi connectivity index (χ1n) is 8.25. The van der Waals surface area contributed by atoms with Gasteiger partial charge in [0.2, 0.25) is 16.0 Å². The number of nitrogens with zero attached hydrogens (tertiary/aromatic N) is 2. The van der Waals surface area contributed by atoms with Gasteiger partial charge in [0.05, 0.1) is 22.9 Å². The van der Waals surface area contributed by atoms with Gasteiger partial charge in [0, 0.05) is 0 Å². The molecule has 0 aliphatic rings. The highest BCUT2D eigenvalue weighted by molar-refractivity contribution is 7.90. The SMILES string of the molecule is CC(C)S(=O)(=O)n1c(N)nc2ccc(/C(=C/CO)c3ccccc3)cc21. The fourth-order valence-corrected chi connectivity index (χ4v) is 3.97. The molecule has 26 heavy (non-hydrogen) atoms. The van der Waals surface area contributed by atoms with E-state index in [0.29, 0.717) is 11.0 Å². The molecule has 0 spiro atoms. The van der Waals surface area contributed by atoms with E-state index in [0.717, 1.165) is 20.7 Å². The topological polar surface area (TPSA) is 98.2 Å². The molecule has 0 radical (unpaired) electrons. The number of benzene rings is 2. The van der Waals surface area contributed by atoms with Crippen molar-refractivity contribution >= 4 is 32.6 Å². The third-order valence-electron chi connectivity index (χ3n) is 4.18. The van der Waals surface area contributed by atoms with Gasteiger partial charge in [-0.1, -0.05) is 42.5 Å². The number of imidazole rings is 1. The zero-order chi connectivity index (χ0) is 18.9. The predicted molar refractivity (Wildman–Crippen MR) is 104 cm³/mol. The van der Waals surface area contributed by atoms with Crippen molar-refractivity contribution in [1.29, 1.82) is 0 Å². The average Bonchev–Trinajstić information content (AvgIpc) is 2.95. The van der Waals surface area contributed by atoms with Gasteiger partial charge in [0.15, 0.2) is 0 Å². The van der Waals surface area contributed by atoms with Gasteiger partial charge in [-0.25, -0.2) is 17.4 Å². The van der Waals surface area contributed by atoms with Gasteiger partial charge in [-0.2, -0.15) is 0 Å². The van der Waals surface area contributed by atoms with Crippen LogP contribution in [-0.4, -0.2) is 34.3 Å². The highest BCUT2D eigenvalue weighted by Crippen LogP contribution is 2.29. The number of aromatic nitrogens is 2. The minimum atomic E-state index is -3.65. The van der Waals surface area contributed by atoms with E-state index < -0.39 is 15.3 Å². The van der Waals surface area contributed by atoms with Crippen molar-refractivity contribution in [3.05, 3.63) is 65.7 Å². The number of rotatable bonds is 5. The second-order valence-electron chi connectivity index (χ2n) is 6.20. The second-order valence-corrected chi connectivity index (χ2v) is 8.54. The first-order chi connectivity index (χ1) is 12.4. The van der Waals surface area contributed by atoms with Crippen molar-refractivity contribution in [2.24, 2.45) is 0 Å². The highest BCUT2D eigenvalue weighted by atomic mass is 32.2. The lowest BCUT2D eigenvalue weighted by molar-refractivity contribution is 0.343. The van der Waals surface area contributed by atoms with E-state index in [2.05, 4.69) is 4.98 Å². The molecule has 0 bridgehead atoms. The first kappa shape index (κ1) is 18.2. The Labute approximate surface area is 152 Å². The van der Waals surface area contributed by atoms with Crippen LogP contribution in [0.2, 0.25) is 0 Å². The van der Waals surface area contributed by atoms with Crippen LogP contribution in [0.15, 0.2) is 54.6 Å². The number of hydrogen-bond donors (Lipinski definition) is 2. The molecule has 0 aliphatic carbocycles. The molecule has 0 saturated heterocycles. The lowest BCUT2D eigenvalue weighted by atomic mass is 9.97. The molecule has 1 aromatic heterocycles. The van der Waals surface area contributed by atoms with Crippen molar-refractivity contribution in [2.45, 2.75) is 19.1 Å². The number of aliphatic hydroxyl groups is 1. The molecule has 7 heteroatoms. The maximum Gasteiger partial charge on any atom is 0.244 e. The summed E-state index contributed by atoms with van der Waals surface area (Å²) in [6.45, 7) is 3.07. The Kier molecular flexibility index (Phi) is 4.84. The number of anilines is 1. The molecule has 0 fully saturated rings. The fourth-order valence-electron chi connectivity index (χ4n) is 2.83. The molecule has 0 aliphatic heterocycles. The van der Waals surface area contributed by atoms with Crippen molar-refractivity contribution in [1.82, 2.24) is 8.96 Å². The van der Waals surface area contributed by atoms with Crippen LogP contribution in [0.4, 0.5) is 5.95 Å². The van der Waals surface area contributed by atoms with Crippen LogP contribution in [0, 0.1) is 0 Å². The predicted octanol–water partition coefficient (Wildman–Crippen LogP) is 2.63. The van der Waals surface area contributed by atoms with Gasteiger partial charge in [-0.15, -0.1) is 0 Å². The summed E-state index contributed by atoms with van der Waals surface area (Å²) in [5.74, 6) is -0.0572. The first-order valence-corrected chi connectivity index (χ1v) is 9.75. The van der Waals surface area contributed by atoms with E-state index in [-0.39, 0.29) is 12.6 Å². The molecule has 2 aromatic carbocycles. The van der Waals surface area contributed by atoms with Crippen LogP contribution < -0.4 is 5.73 Å². The van der Waals surface area contributed by atoms with Crippen LogP contribution in [0.1, 0.15) is 25.0 Å². The summed E-state index contributed by atoms with van der Waals surface area (Å²) in [6, 6.07) is 14.9. The summed E-state index contributed by atoms with van der Waals surface area (Å²) in [5, 5.41) is 8.79. The molecule has 0 unspecified atom stereocenters. The lowest BCUT2D eigenvalue weighted by Gasteiger charge is -2.12. The van der Waals surface area contributed by atoms with Crippen LogP contribution in [0.5, 0.6) is 0 Å². The third-order valence-corrected chi connectivity index (χ3v) is 6.26. The van der Waals surface area contributed by atoms with Crippen molar-refractivity contribution < 1.29 is 13.5 Å². The molecule has 0 saturated carbocycles. The highest BCUT2D eigenvalue weighted by Gasteiger charge is 2.24. The van der Waals surface area contributed by atoms with Crippen LogP contribution in [-0.2, 0) is 10.0 Å². The van der Waals surface area contributed by atoms with Crippen molar-refractivity contribution in [2.75, 3.05) is 12.3 Å². The monoisotopic (exact) mass is 371 g/mol. The molecule has 0 atom stereocenters. The Morgan fingerprint density at radius 1 is 1.19 bits per heavy atom. The zero-order valence-electron chi connectivity index (χ0n) is 14.6. The number of nitrogen functional groups attached to an aromatic ring is 1. The molecular weight excluding hydrogens is 350 g/mol. The Balaban J connectivity index is 2.25. The Morgan fingerprint density at radius 2 is 1.88 bits per heavy atom. The molecule has 3 aromatic rings. The fraction of sp³-hybridized carbons (Fsp3) is 0.211. The summed E-state index contributed by atoms with van der Waals surface area (Å²) in [5.41, 5.74) is 9.33. The van der Waals surface area contributed by atoms with Gasteiger partial charge in [0.1, 0.15) is 0 Å². The maximum atomic E-state index is 12.7. The summed E-state index contributed by atoms with van der Waals surface area (Å²) in [7, 11) is -3.65. The van der Waals surface area contributed by atoms with E-state index in [1.165, 1.54) is 0 Å². The summed E-state index contributed by atoms with van der Waals surface area (Å²) in [6.07, 6.45) is 1.69. The Morgan fingerprint density at radius 3 is 2.50 bits per heavy atom. The van der Waals surface area contributed by atoms with Gasteiger partial charge >= 0.3 is 0 Å². The molecule has 3 rings (SSSR count). The van der Waals surface area contributed by atoms with Gasteiger partial charge in [-0.3, -0.25) is 0 Å². The van der Waals surface area contributed by atoms with Crippen LogP contribution >= 0.6 is 0 Å². The minimum absolute atomic E-state index is 0.0572. The molecule has 1 heterocycles. The standard InChI is InChI=1S/C19H21N3O3S/c1-13(2)26(24,25)22-18-12-15(8-9-17(18)21-19(22)20)16(10-11-23)14-6-4-3-5-7-14/h3-10,12-13,23H,11H2,1-2H3,(H2,20,21)/b16-10+. The normalized spacial score (nSPS) is 12.8. The number of aliphatic hydroxyl groups excluding tert-OH is 1. The average molecular weight is 371 g/mol. The van der Waals surface area contributed by atoms with E-state index in [4.69, 9.17) is 5.73 Å². The zero-order valence-corrected chi connectivity index (χ0v) is 15.4. The van der Waals surface area contributed by atoms with Gasteiger partial charge in [-0.05, 0) is 42.7 Å². The summed E-state index contributed by atoms with van der Waals surface area (Å²) >= 11 is 0. The quantitative estimate of drug-likeness (QED) is 0.718. The van der Waals surface area contributed by atoms with Gasteiger partial charge < -0.3 is 10.8 Å². The molecule has 136 valence electrons. The number of fused-ring (bicyclic) bond motifs is 1. The van der Waals surface area contributed by atoms with Crippen molar-refractivity contribution in [3.63, 3.8) is 0 Å². The molecule has 0 amide bonds. The van der Waals surface area contributed by atoms with E-state index in [1.54, 1.807) is 32.1 Å². The third kappa shape index (κ3) is 3.11. The Bertz CT molecular complexity index is 1070. The van der Waals surface area contributed by atoms with Crippen LogP contribution in [0.3, 0.4) is 0 Å². The molecular formula is C19H21N3O3S. The van der Waals surface area contributed by atoms with Gasteiger partial charge in [0.25, 0.3) is 0 Å². The number of hydrogen-bond acceptors (Lipinski definition) is 5. The van der Waals surface area contributed by atoms with Crippen LogP contribution in [0.25, 0.3) is 16.6 Å². The smallest absolute Gasteiger partial charge is 0.244 e. The molecule has 6 nitrogen and oxygen atoms in total. The number of nitrogens with two attached hydrogens (primary N) is 1. The van der Waals surface area contributed by atoms with E-state index in [1.807, 2.05) is 36.4 Å². The van der Waals surface area contributed by atoms with E-state index in [9.17, 15) is 13.5 Å². The lowest BCUT2D eigenvalue weighted by Crippen LogP contribution is -2.23. The summed E-state index contributed by atoms with van der Waals surface area (Å²) < 4.78 is 26.5. The summed E-state index contributed by atoms with van der Waals surface area (Å²) in [4.78, 5) is 4.17. The van der Waals surface area contributed by atoms with E-state index >= 15 is 0 Å². The maximum absolute atomic E-state index is 12.7. The minimum Gasteiger partial charge on any atom is -0.392 e. The molecule has 3 N–H and O–H groups in total. The second kappa shape index (κ2) is 6.93. The van der Waals surface area contributed by atoms with Crippen molar-refractivity contribution in [3.8, 4) is 0 Å².